The first-order valence-electron chi connectivity index (χ1n) is 11.5. The number of rotatable bonds is 11. The van der Waals surface area contributed by atoms with E-state index >= 15 is 0 Å². The average Bonchev–Trinajstić information content (AvgIpc) is 3.42. The van der Waals surface area contributed by atoms with Crippen molar-refractivity contribution in [3.05, 3.63) is 0 Å². The molecule has 0 spiro atoms. The second kappa shape index (κ2) is 11.7. The van der Waals surface area contributed by atoms with Crippen LogP contribution in [0.15, 0.2) is 0 Å². The van der Waals surface area contributed by atoms with E-state index < -0.39 is 60.0 Å². The maximum Gasteiger partial charge on any atom is 0.328 e. The molecule has 3 aliphatic heterocycles. The van der Waals surface area contributed by atoms with Crippen molar-refractivity contribution >= 4 is 29.5 Å². The molecule has 0 radical (unpaired) electrons. The van der Waals surface area contributed by atoms with E-state index in [9.17, 15) is 14.4 Å². The summed E-state index contributed by atoms with van der Waals surface area (Å²) < 4.78 is 40.0. The Morgan fingerprint density at radius 1 is 1.03 bits per heavy atom. The highest BCUT2D eigenvalue weighted by molar-refractivity contribution is 7.98. The molecule has 35 heavy (non-hydrogen) atoms. The van der Waals surface area contributed by atoms with Crippen LogP contribution in [0.4, 0.5) is 0 Å². The van der Waals surface area contributed by atoms with E-state index in [1.807, 2.05) is 20.1 Å². The second-order valence-electron chi connectivity index (χ2n) is 9.41. The number of ether oxygens (including phenoxy) is 7. The molecule has 2 N–H and O–H groups in total. The standard InChI is InChI=1S/C22H36N2O10S/c1-21(2)30-10-13(32-21)16-17-18(34-22(3,4)33-17)20(31-16)29-11-15(26)23-9-14(25)24-12(7-8-35-6)19(27)28-5/h12-13,16-18,20H,7-11H2,1-6H3,(H,23,26)(H,24,25)/t12-,13+,16+,17-,18-,20-/m0/s1. The lowest BCUT2D eigenvalue weighted by Crippen LogP contribution is -2.47. The van der Waals surface area contributed by atoms with E-state index in [0.29, 0.717) is 18.8 Å². The van der Waals surface area contributed by atoms with E-state index in [0.717, 1.165) is 0 Å². The zero-order chi connectivity index (χ0) is 25.8. The van der Waals surface area contributed by atoms with Gasteiger partial charge in [0.25, 0.3) is 0 Å². The van der Waals surface area contributed by atoms with E-state index in [-0.39, 0.29) is 19.3 Å². The molecule has 3 saturated heterocycles. The fraction of sp³-hybridized carbons (Fsp3) is 0.864. The van der Waals surface area contributed by atoms with Gasteiger partial charge in [-0.25, -0.2) is 4.79 Å². The van der Waals surface area contributed by atoms with Crippen molar-refractivity contribution in [3.63, 3.8) is 0 Å². The van der Waals surface area contributed by atoms with Gasteiger partial charge in [-0.1, -0.05) is 0 Å². The molecule has 200 valence electrons. The monoisotopic (exact) mass is 520 g/mol. The zero-order valence-electron chi connectivity index (χ0n) is 21.0. The van der Waals surface area contributed by atoms with Gasteiger partial charge in [0, 0.05) is 0 Å². The molecule has 12 nitrogen and oxygen atoms in total. The first-order chi connectivity index (χ1) is 16.4. The van der Waals surface area contributed by atoms with E-state index in [4.69, 9.17) is 33.2 Å². The van der Waals surface area contributed by atoms with Gasteiger partial charge in [0.05, 0.1) is 20.3 Å². The quantitative estimate of drug-likeness (QED) is 0.354. The highest BCUT2D eigenvalue weighted by Crippen LogP contribution is 2.42. The largest absolute Gasteiger partial charge is 0.467 e. The van der Waals surface area contributed by atoms with Crippen molar-refractivity contribution in [2.24, 2.45) is 0 Å². The van der Waals surface area contributed by atoms with Crippen LogP contribution in [0.2, 0.25) is 0 Å². The normalized spacial score (nSPS) is 31.5. The van der Waals surface area contributed by atoms with E-state index in [1.54, 1.807) is 25.6 Å². The van der Waals surface area contributed by atoms with E-state index in [1.165, 1.54) is 7.11 Å². The van der Waals surface area contributed by atoms with Crippen molar-refractivity contribution in [2.45, 2.75) is 82.4 Å². The van der Waals surface area contributed by atoms with E-state index in [2.05, 4.69) is 10.6 Å². The number of methoxy groups -OCH3 is 1. The number of carbonyl (C=O) groups excluding carboxylic acids is 3. The van der Waals surface area contributed by atoms with Crippen LogP contribution in [0.3, 0.4) is 0 Å². The molecule has 0 bridgehead atoms. The van der Waals surface area contributed by atoms with Gasteiger partial charge in [-0.05, 0) is 46.1 Å². The summed E-state index contributed by atoms with van der Waals surface area (Å²) in [7, 11) is 1.26. The lowest BCUT2D eigenvalue weighted by Gasteiger charge is -2.26. The molecular weight excluding hydrogens is 484 g/mol. The van der Waals surface area contributed by atoms with Crippen LogP contribution in [0.1, 0.15) is 34.1 Å². The highest BCUT2D eigenvalue weighted by Gasteiger charge is 2.59. The van der Waals surface area contributed by atoms with Crippen LogP contribution in [-0.4, -0.2) is 105 Å². The third-order valence-electron chi connectivity index (χ3n) is 5.70. The van der Waals surface area contributed by atoms with Gasteiger partial charge in [0.2, 0.25) is 11.8 Å². The maximum atomic E-state index is 12.3. The molecule has 3 aliphatic rings. The third kappa shape index (κ3) is 7.51. The van der Waals surface area contributed by atoms with Crippen molar-refractivity contribution in [1.82, 2.24) is 10.6 Å². The average molecular weight is 521 g/mol. The molecule has 3 rings (SSSR count). The van der Waals surface area contributed by atoms with Crippen molar-refractivity contribution in [2.75, 3.05) is 38.9 Å². The van der Waals surface area contributed by atoms with Crippen molar-refractivity contribution in [3.8, 4) is 0 Å². The van der Waals surface area contributed by atoms with Gasteiger partial charge in [-0.2, -0.15) is 11.8 Å². The Hall–Kier alpha value is -1.48. The number of amides is 2. The van der Waals surface area contributed by atoms with Crippen molar-refractivity contribution in [1.29, 1.82) is 0 Å². The molecule has 6 atom stereocenters. The lowest BCUT2D eigenvalue weighted by atomic mass is 10.1. The molecule has 3 heterocycles. The number of hydrogen-bond acceptors (Lipinski definition) is 11. The number of nitrogens with one attached hydrogen (secondary N) is 2. The minimum Gasteiger partial charge on any atom is -0.467 e. The summed E-state index contributed by atoms with van der Waals surface area (Å²) in [6.07, 6.45) is -0.445. The second-order valence-corrected chi connectivity index (χ2v) is 10.4. The Labute approximate surface area is 209 Å². The Balaban J connectivity index is 1.48. The Morgan fingerprint density at radius 3 is 2.37 bits per heavy atom. The summed E-state index contributed by atoms with van der Waals surface area (Å²) in [5.41, 5.74) is 0. The highest BCUT2D eigenvalue weighted by atomic mass is 32.2. The van der Waals surface area contributed by atoms with Gasteiger partial charge in [0.15, 0.2) is 17.9 Å². The first-order valence-corrected chi connectivity index (χ1v) is 12.9. The van der Waals surface area contributed by atoms with Crippen molar-refractivity contribution < 1.29 is 47.5 Å². The first kappa shape index (κ1) is 28.1. The lowest BCUT2D eigenvalue weighted by molar-refractivity contribution is -0.246. The van der Waals surface area contributed by atoms with Crippen LogP contribution in [0, 0.1) is 0 Å². The predicted molar refractivity (Wildman–Crippen MR) is 123 cm³/mol. The summed E-state index contributed by atoms with van der Waals surface area (Å²) >= 11 is 1.54. The fourth-order valence-corrected chi connectivity index (χ4v) is 4.63. The zero-order valence-corrected chi connectivity index (χ0v) is 21.8. The predicted octanol–water partition coefficient (Wildman–Crippen LogP) is -0.0734. The molecule has 0 aromatic heterocycles. The number of fused-ring (bicyclic) bond motifs is 1. The summed E-state index contributed by atoms with van der Waals surface area (Å²) in [6.45, 7) is 6.88. The summed E-state index contributed by atoms with van der Waals surface area (Å²) in [5.74, 6) is -2.49. The minimum absolute atomic E-state index is 0.315. The molecule has 0 aliphatic carbocycles. The molecule has 0 aromatic rings. The number of esters is 1. The fourth-order valence-electron chi connectivity index (χ4n) is 4.16. The molecule has 13 heteroatoms. The number of carbonyl (C=O) groups is 3. The maximum absolute atomic E-state index is 12.3. The molecule has 0 aromatic carbocycles. The van der Waals surface area contributed by atoms with Crippen LogP contribution in [0.25, 0.3) is 0 Å². The Kier molecular flexibility index (Phi) is 9.40. The molecule has 2 amide bonds. The Morgan fingerprint density at radius 2 is 1.74 bits per heavy atom. The van der Waals surface area contributed by atoms with Crippen LogP contribution in [-0.2, 0) is 47.5 Å². The topological polar surface area (TPSA) is 140 Å². The van der Waals surface area contributed by atoms with Gasteiger partial charge < -0.3 is 43.8 Å². The summed E-state index contributed by atoms with van der Waals surface area (Å²) in [4.78, 5) is 36.3. The third-order valence-corrected chi connectivity index (χ3v) is 6.34. The summed E-state index contributed by atoms with van der Waals surface area (Å²) in [5, 5.41) is 5.04. The molecule has 0 unspecified atom stereocenters. The van der Waals surface area contributed by atoms with Crippen LogP contribution < -0.4 is 10.6 Å². The van der Waals surface area contributed by atoms with Crippen LogP contribution in [0.5, 0.6) is 0 Å². The van der Waals surface area contributed by atoms with Gasteiger partial charge >= 0.3 is 5.97 Å². The van der Waals surface area contributed by atoms with Gasteiger partial charge in [-0.15, -0.1) is 0 Å². The number of hydrogen-bond donors (Lipinski definition) is 2. The number of thioether (sulfide) groups is 1. The van der Waals surface area contributed by atoms with Gasteiger partial charge in [0.1, 0.15) is 37.1 Å². The molecule has 0 saturated carbocycles. The molecular formula is C22H36N2O10S. The van der Waals surface area contributed by atoms with Gasteiger partial charge in [-0.3, -0.25) is 9.59 Å². The summed E-state index contributed by atoms with van der Waals surface area (Å²) in [6, 6.07) is -0.775. The Bertz CT molecular complexity index is 779. The SMILES string of the molecule is COC(=O)[C@H](CCSC)NC(=O)CNC(=O)CO[C@H]1O[C@H]([C@H]2COC(C)(C)O2)[C@@H]2OC(C)(C)O[C@H]12. The smallest absolute Gasteiger partial charge is 0.328 e. The minimum atomic E-state index is -0.867. The molecule has 3 fully saturated rings. The van der Waals surface area contributed by atoms with Crippen LogP contribution >= 0.6 is 11.8 Å².